The highest BCUT2D eigenvalue weighted by Gasteiger charge is 2.25. The quantitative estimate of drug-likeness (QED) is 0.533. The minimum Gasteiger partial charge on any atom is -0.288 e. The lowest BCUT2D eigenvalue weighted by Gasteiger charge is -2.09. The van der Waals surface area contributed by atoms with Gasteiger partial charge in [-0.2, -0.15) is 13.0 Å². The molecule has 1 aromatic heterocycles. The highest BCUT2D eigenvalue weighted by molar-refractivity contribution is 7.86. The molecule has 0 radical (unpaired) electrons. The van der Waals surface area contributed by atoms with E-state index in [0.717, 1.165) is 0 Å². The largest absolute Gasteiger partial charge is 0.295 e. The molecule has 0 atom stereocenters. The van der Waals surface area contributed by atoms with Gasteiger partial charge in [0.2, 0.25) is 5.78 Å². The Labute approximate surface area is 123 Å². The highest BCUT2D eigenvalue weighted by Crippen LogP contribution is 2.28. The van der Waals surface area contributed by atoms with E-state index in [-0.39, 0.29) is 10.7 Å². The standard InChI is InChI=1S/C15H15NO4S/c1-3-16-10-6-8-13(15(16)11(2)17)12-7-4-5-9-14(12)21(18,19)20/h4-10H,3H2,1-2H3/p+1. The van der Waals surface area contributed by atoms with Gasteiger partial charge in [0, 0.05) is 18.6 Å². The fourth-order valence-corrected chi connectivity index (χ4v) is 3.04. The summed E-state index contributed by atoms with van der Waals surface area (Å²) in [5, 5.41) is 0. The van der Waals surface area contributed by atoms with Crippen LogP contribution in [0, 0.1) is 0 Å². The molecule has 1 N–H and O–H groups in total. The maximum atomic E-state index is 11.9. The Morgan fingerprint density at radius 1 is 1.14 bits per heavy atom. The van der Waals surface area contributed by atoms with Crippen molar-refractivity contribution in [2.45, 2.75) is 25.3 Å². The van der Waals surface area contributed by atoms with Crippen LogP contribution >= 0.6 is 0 Å². The number of benzene rings is 1. The van der Waals surface area contributed by atoms with E-state index in [0.29, 0.717) is 23.4 Å². The van der Waals surface area contributed by atoms with Gasteiger partial charge in [-0.1, -0.05) is 18.2 Å². The third kappa shape index (κ3) is 3.01. The van der Waals surface area contributed by atoms with Crippen LogP contribution in [0.2, 0.25) is 0 Å². The zero-order chi connectivity index (χ0) is 15.6. The summed E-state index contributed by atoms with van der Waals surface area (Å²) in [6.45, 7) is 3.91. The summed E-state index contributed by atoms with van der Waals surface area (Å²) in [5.41, 5.74) is 1.21. The van der Waals surface area contributed by atoms with Gasteiger partial charge in [0.15, 0.2) is 6.20 Å². The third-order valence-corrected chi connectivity index (χ3v) is 4.11. The number of pyridine rings is 1. The average Bonchev–Trinajstić information content (AvgIpc) is 2.45. The van der Waals surface area contributed by atoms with Crippen molar-refractivity contribution in [2.24, 2.45) is 0 Å². The molecule has 6 heteroatoms. The first-order valence-corrected chi connectivity index (χ1v) is 7.90. The minimum atomic E-state index is -4.36. The van der Waals surface area contributed by atoms with Gasteiger partial charge in [0.05, 0.1) is 5.56 Å². The molecule has 0 aliphatic heterocycles. The van der Waals surface area contributed by atoms with E-state index in [9.17, 15) is 17.8 Å². The van der Waals surface area contributed by atoms with Crippen molar-refractivity contribution < 1.29 is 22.3 Å². The summed E-state index contributed by atoms with van der Waals surface area (Å²) < 4.78 is 34.2. The zero-order valence-corrected chi connectivity index (χ0v) is 12.6. The van der Waals surface area contributed by atoms with Crippen LogP contribution < -0.4 is 4.57 Å². The van der Waals surface area contributed by atoms with Gasteiger partial charge < -0.3 is 0 Å². The number of nitrogens with zero attached hydrogens (tertiary/aromatic N) is 1. The molecule has 0 bridgehead atoms. The van der Waals surface area contributed by atoms with Crippen molar-refractivity contribution in [3.63, 3.8) is 0 Å². The lowest BCUT2D eigenvalue weighted by Crippen LogP contribution is -2.39. The number of ketones is 1. The molecule has 0 aliphatic rings. The van der Waals surface area contributed by atoms with Gasteiger partial charge in [-0.3, -0.25) is 9.35 Å². The van der Waals surface area contributed by atoms with Crippen molar-refractivity contribution in [1.82, 2.24) is 0 Å². The molecule has 0 amide bonds. The first-order valence-electron chi connectivity index (χ1n) is 6.46. The molecular weight excluding hydrogens is 290 g/mol. The number of hydrogen-bond acceptors (Lipinski definition) is 3. The molecule has 2 aromatic rings. The average molecular weight is 306 g/mol. The Hall–Kier alpha value is -2.05. The minimum absolute atomic E-state index is 0.169. The number of aromatic nitrogens is 1. The molecule has 0 saturated heterocycles. The van der Waals surface area contributed by atoms with Crippen LogP contribution in [0.4, 0.5) is 0 Å². The Bertz CT molecular complexity index is 797. The Morgan fingerprint density at radius 2 is 1.76 bits per heavy atom. The molecule has 0 spiro atoms. The van der Waals surface area contributed by atoms with Gasteiger partial charge in [0.25, 0.3) is 15.8 Å². The van der Waals surface area contributed by atoms with Crippen LogP contribution in [0.5, 0.6) is 0 Å². The van der Waals surface area contributed by atoms with Crippen LogP contribution in [0.3, 0.4) is 0 Å². The highest BCUT2D eigenvalue weighted by atomic mass is 32.2. The molecule has 1 heterocycles. The predicted octanol–water partition coefficient (Wildman–Crippen LogP) is 2.11. The lowest BCUT2D eigenvalue weighted by atomic mass is 10.0. The van der Waals surface area contributed by atoms with Crippen molar-refractivity contribution in [1.29, 1.82) is 0 Å². The van der Waals surface area contributed by atoms with Gasteiger partial charge >= 0.3 is 0 Å². The van der Waals surface area contributed by atoms with Gasteiger partial charge in [-0.25, -0.2) is 0 Å². The first kappa shape index (κ1) is 15.3. The summed E-state index contributed by atoms with van der Waals surface area (Å²) >= 11 is 0. The van der Waals surface area contributed by atoms with Crippen LogP contribution in [-0.2, 0) is 16.7 Å². The molecule has 21 heavy (non-hydrogen) atoms. The molecule has 5 nitrogen and oxygen atoms in total. The SMILES string of the molecule is CC[n+]1cccc(-c2ccccc2S(=O)(=O)O)c1C(C)=O. The third-order valence-electron chi connectivity index (χ3n) is 3.20. The number of Topliss-reactive ketones (excluding diaryl/α,β-unsaturated/α-hetero) is 1. The number of aryl methyl sites for hydroxylation is 1. The number of hydrogen-bond donors (Lipinski definition) is 1. The van der Waals surface area contributed by atoms with Crippen molar-refractivity contribution in [2.75, 3.05) is 0 Å². The van der Waals surface area contributed by atoms with E-state index in [4.69, 9.17) is 0 Å². The predicted molar refractivity (Wildman–Crippen MR) is 77.6 cm³/mol. The van der Waals surface area contributed by atoms with Gasteiger partial charge in [-0.05, 0) is 19.1 Å². The zero-order valence-electron chi connectivity index (χ0n) is 11.8. The summed E-state index contributed by atoms with van der Waals surface area (Å²) in [5.74, 6) is -0.169. The first-order chi connectivity index (χ1) is 9.86. The number of carbonyl (C=O) groups excluding carboxylic acids is 1. The van der Waals surface area contributed by atoms with Crippen LogP contribution in [0.15, 0.2) is 47.5 Å². The summed E-state index contributed by atoms with van der Waals surface area (Å²) in [4.78, 5) is 11.7. The maximum Gasteiger partial charge on any atom is 0.295 e. The van der Waals surface area contributed by atoms with E-state index in [1.54, 1.807) is 35.0 Å². The molecule has 1 aromatic carbocycles. The van der Waals surface area contributed by atoms with E-state index in [1.165, 1.54) is 19.1 Å². The fourth-order valence-electron chi connectivity index (χ4n) is 2.34. The van der Waals surface area contributed by atoms with Gasteiger partial charge in [-0.15, -0.1) is 0 Å². The van der Waals surface area contributed by atoms with E-state index < -0.39 is 10.1 Å². The lowest BCUT2D eigenvalue weighted by molar-refractivity contribution is -0.694. The Balaban J connectivity index is 2.84. The van der Waals surface area contributed by atoms with Crippen molar-refractivity contribution in [3.05, 3.63) is 48.3 Å². The Morgan fingerprint density at radius 3 is 2.33 bits per heavy atom. The maximum absolute atomic E-state index is 11.9. The molecular formula is C15H16NO4S+. The van der Waals surface area contributed by atoms with Crippen LogP contribution in [-0.4, -0.2) is 18.8 Å². The second-order valence-electron chi connectivity index (χ2n) is 4.58. The molecule has 0 saturated carbocycles. The molecule has 110 valence electrons. The molecule has 0 fully saturated rings. The fraction of sp³-hybridized carbons (Fsp3) is 0.200. The van der Waals surface area contributed by atoms with Crippen molar-refractivity contribution >= 4 is 15.9 Å². The monoisotopic (exact) mass is 306 g/mol. The van der Waals surface area contributed by atoms with Crippen LogP contribution in [0.1, 0.15) is 24.3 Å². The normalized spacial score (nSPS) is 11.4. The molecule has 0 unspecified atom stereocenters. The molecule has 0 aliphatic carbocycles. The van der Waals surface area contributed by atoms with Gasteiger partial charge in [0.1, 0.15) is 11.4 Å². The Kier molecular flexibility index (Phi) is 4.20. The van der Waals surface area contributed by atoms with E-state index in [2.05, 4.69) is 0 Å². The second-order valence-corrected chi connectivity index (χ2v) is 5.97. The number of rotatable bonds is 4. The topological polar surface area (TPSA) is 75.3 Å². The summed E-state index contributed by atoms with van der Waals surface area (Å²) in [6.07, 6.45) is 1.76. The smallest absolute Gasteiger partial charge is 0.288 e. The summed E-state index contributed by atoms with van der Waals surface area (Å²) in [7, 11) is -4.36. The van der Waals surface area contributed by atoms with Crippen LogP contribution in [0.25, 0.3) is 11.1 Å². The van der Waals surface area contributed by atoms with Crippen molar-refractivity contribution in [3.8, 4) is 11.1 Å². The second kappa shape index (κ2) is 5.75. The summed E-state index contributed by atoms with van der Waals surface area (Å²) in [6, 6.07) is 9.50. The van der Waals surface area contributed by atoms with E-state index in [1.807, 2.05) is 6.92 Å². The van der Waals surface area contributed by atoms with E-state index >= 15 is 0 Å². The number of carbonyl (C=O) groups is 1. The molecule has 2 rings (SSSR count).